The highest BCUT2D eigenvalue weighted by Crippen LogP contribution is 2.16. The molecule has 5 heteroatoms. The summed E-state index contributed by atoms with van der Waals surface area (Å²) in [7, 11) is 0. The van der Waals surface area contributed by atoms with Gasteiger partial charge in [0.25, 0.3) is 0 Å². The molecule has 2 atom stereocenters. The van der Waals surface area contributed by atoms with Gasteiger partial charge in [-0.25, -0.2) is 4.79 Å². The van der Waals surface area contributed by atoms with E-state index in [9.17, 15) is 4.79 Å². The number of nitrogens with zero attached hydrogens (tertiary/aromatic N) is 1. The van der Waals surface area contributed by atoms with Crippen molar-refractivity contribution < 1.29 is 14.6 Å². The lowest BCUT2D eigenvalue weighted by atomic mass is 10.2. The van der Waals surface area contributed by atoms with Crippen LogP contribution in [-0.4, -0.2) is 47.9 Å². The first kappa shape index (κ1) is 10.3. The van der Waals surface area contributed by atoms with Crippen LogP contribution < -0.4 is 5.73 Å². The van der Waals surface area contributed by atoms with Crippen molar-refractivity contribution in [2.75, 3.05) is 19.8 Å². The van der Waals surface area contributed by atoms with Crippen molar-refractivity contribution in [1.29, 1.82) is 0 Å². The van der Waals surface area contributed by atoms with Gasteiger partial charge in [0.1, 0.15) is 0 Å². The predicted molar refractivity (Wildman–Crippen MR) is 47.6 cm³/mol. The van der Waals surface area contributed by atoms with Gasteiger partial charge < -0.3 is 20.5 Å². The molecular formula is C8H16N2O3. The van der Waals surface area contributed by atoms with Crippen molar-refractivity contribution in [2.24, 2.45) is 5.73 Å². The number of nitrogens with two attached hydrogens (primary N) is 1. The Morgan fingerprint density at radius 1 is 1.77 bits per heavy atom. The van der Waals surface area contributed by atoms with Crippen LogP contribution in [0.5, 0.6) is 0 Å². The molecular weight excluding hydrogens is 172 g/mol. The standard InChI is InChI=1S/C8H16N2O3/c1-2-13-5-7-3-6(9)4-10(7)8(11)12/h6-7H,2-5,9H2,1H3,(H,11,12)/t6-,7-/m1/s1. The number of hydrogen-bond acceptors (Lipinski definition) is 3. The van der Waals surface area contributed by atoms with Gasteiger partial charge in [-0.05, 0) is 13.3 Å². The van der Waals surface area contributed by atoms with Gasteiger partial charge in [-0.15, -0.1) is 0 Å². The molecule has 1 aliphatic rings. The summed E-state index contributed by atoms with van der Waals surface area (Å²) in [5.41, 5.74) is 5.66. The Hall–Kier alpha value is -0.810. The zero-order valence-electron chi connectivity index (χ0n) is 7.77. The van der Waals surface area contributed by atoms with E-state index in [1.165, 1.54) is 4.90 Å². The maximum absolute atomic E-state index is 10.7. The molecule has 1 saturated heterocycles. The van der Waals surface area contributed by atoms with E-state index < -0.39 is 6.09 Å². The largest absolute Gasteiger partial charge is 0.465 e. The summed E-state index contributed by atoms with van der Waals surface area (Å²) < 4.78 is 5.19. The lowest BCUT2D eigenvalue weighted by Crippen LogP contribution is -2.37. The van der Waals surface area contributed by atoms with Gasteiger partial charge >= 0.3 is 6.09 Å². The van der Waals surface area contributed by atoms with Crippen LogP contribution >= 0.6 is 0 Å². The zero-order chi connectivity index (χ0) is 9.84. The van der Waals surface area contributed by atoms with Gasteiger partial charge in [0.05, 0.1) is 12.6 Å². The van der Waals surface area contributed by atoms with Crippen LogP contribution in [0.25, 0.3) is 0 Å². The lowest BCUT2D eigenvalue weighted by Gasteiger charge is -2.20. The van der Waals surface area contributed by atoms with E-state index in [2.05, 4.69) is 0 Å². The van der Waals surface area contributed by atoms with Crippen molar-refractivity contribution in [3.63, 3.8) is 0 Å². The summed E-state index contributed by atoms with van der Waals surface area (Å²) in [5, 5.41) is 8.82. The van der Waals surface area contributed by atoms with E-state index >= 15 is 0 Å². The Kier molecular flexibility index (Phi) is 3.50. The minimum atomic E-state index is -0.905. The summed E-state index contributed by atoms with van der Waals surface area (Å²) in [6, 6.07) is -0.103. The van der Waals surface area contributed by atoms with Gasteiger partial charge in [0.2, 0.25) is 0 Å². The Bertz CT molecular complexity index is 186. The van der Waals surface area contributed by atoms with Crippen LogP contribution in [0, 0.1) is 0 Å². The maximum atomic E-state index is 10.7. The highest BCUT2D eigenvalue weighted by Gasteiger charge is 2.33. The monoisotopic (exact) mass is 188 g/mol. The molecule has 0 spiro atoms. The normalized spacial score (nSPS) is 28.0. The Morgan fingerprint density at radius 2 is 2.46 bits per heavy atom. The second-order valence-corrected chi connectivity index (χ2v) is 3.24. The number of amides is 1. The smallest absolute Gasteiger partial charge is 0.407 e. The fourth-order valence-corrected chi connectivity index (χ4v) is 1.60. The van der Waals surface area contributed by atoms with Gasteiger partial charge in [0.15, 0.2) is 0 Å². The Balaban J connectivity index is 2.45. The van der Waals surface area contributed by atoms with Gasteiger partial charge in [-0.3, -0.25) is 0 Å². The number of likely N-dealkylation sites (tertiary alicyclic amines) is 1. The molecule has 1 heterocycles. The minimum absolute atomic E-state index is 0.0402. The van der Waals surface area contributed by atoms with Gasteiger partial charge in [-0.1, -0.05) is 0 Å². The summed E-state index contributed by atoms with van der Waals surface area (Å²) in [6.07, 6.45) is -0.204. The number of ether oxygens (including phenoxy) is 1. The second-order valence-electron chi connectivity index (χ2n) is 3.24. The van der Waals surface area contributed by atoms with Crippen molar-refractivity contribution in [3.05, 3.63) is 0 Å². The number of rotatable bonds is 3. The number of carbonyl (C=O) groups is 1. The van der Waals surface area contributed by atoms with Crippen LogP contribution in [0.15, 0.2) is 0 Å². The van der Waals surface area contributed by atoms with Crippen molar-refractivity contribution in [2.45, 2.75) is 25.4 Å². The topological polar surface area (TPSA) is 75.8 Å². The van der Waals surface area contributed by atoms with Gasteiger partial charge in [-0.2, -0.15) is 0 Å². The second kappa shape index (κ2) is 4.43. The minimum Gasteiger partial charge on any atom is -0.465 e. The molecule has 5 nitrogen and oxygen atoms in total. The zero-order valence-corrected chi connectivity index (χ0v) is 7.77. The first-order valence-electron chi connectivity index (χ1n) is 4.48. The number of carboxylic acid groups (broad SMARTS) is 1. The van der Waals surface area contributed by atoms with E-state index in [1.54, 1.807) is 0 Å². The fourth-order valence-electron chi connectivity index (χ4n) is 1.60. The third-order valence-electron chi connectivity index (χ3n) is 2.21. The molecule has 3 N–H and O–H groups in total. The van der Waals surface area contributed by atoms with Crippen molar-refractivity contribution >= 4 is 6.09 Å². The average molecular weight is 188 g/mol. The van der Waals surface area contributed by atoms with Gasteiger partial charge in [0, 0.05) is 19.2 Å². The summed E-state index contributed by atoms with van der Waals surface area (Å²) in [5.74, 6) is 0. The quantitative estimate of drug-likeness (QED) is 0.658. The molecule has 0 aromatic heterocycles. The van der Waals surface area contributed by atoms with Crippen molar-refractivity contribution in [1.82, 2.24) is 4.90 Å². The fraction of sp³-hybridized carbons (Fsp3) is 0.875. The molecule has 1 rings (SSSR count). The molecule has 0 aliphatic carbocycles. The molecule has 0 unspecified atom stereocenters. The van der Waals surface area contributed by atoms with Crippen LogP contribution in [0.4, 0.5) is 4.79 Å². The predicted octanol–water partition coefficient (Wildman–Crippen LogP) is 0.103. The van der Waals surface area contributed by atoms with Crippen LogP contribution in [0.2, 0.25) is 0 Å². The molecule has 0 bridgehead atoms. The molecule has 76 valence electrons. The molecule has 0 aromatic carbocycles. The maximum Gasteiger partial charge on any atom is 0.407 e. The summed E-state index contributed by atoms with van der Waals surface area (Å²) in [6.45, 7) is 3.38. The molecule has 0 radical (unpaired) electrons. The SMILES string of the molecule is CCOC[C@H]1C[C@@H](N)CN1C(=O)O. The summed E-state index contributed by atoms with van der Waals surface area (Å²) >= 11 is 0. The first-order chi connectivity index (χ1) is 6.15. The molecule has 13 heavy (non-hydrogen) atoms. The highest BCUT2D eigenvalue weighted by molar-refractivity contribution is 5.66. The molecule has 0 saturated carbocycles. The van der Waals surface area contributed by atoms with Crippen LogP contribution in [0.3, 0.4) is 0 Å². The van der Waals surface area contributed by atoms with E-state index in [0.717, 1.165) is 0 Å². The Morgan fingerprint density at radius 3 is 3.00 bits per heavy atom. The highest BCUT2D eigenvalue weighted by atomic mass is 16.5. The number of hydrogen-bond donors (Lipinski definition) is 2. The van der Waals surface area contributed by atoms with E-state index in [1.807, 2.05) is 6.92 Å². The van der Waals surface area contributed by atoms with Crippen molar-refractivity contribution in [3.8, 4) is 0 Å². The Labute approximate surface area is 77.5 Å². The van der Waals surface area contributed by atoms with Crippen LogP contribution in [-0.2, 0) is 4.74 Å². The molecule has 0 aromatic rings. The average Bonchev–Trinajstić information content (AvgIpc) is 2.43. The third kappa shape index (κ3) is 2.57. The van der Waals surface area contributed by atoms with E-state index in [0.29, 0.717) is 26.2 Å². The first-order valence-corrected chi connectivity index (χ1v) is 4.48. The molecule has 1 aliphatic heterocycles. The molecule has 1 fully saturated rings. The third-order valence-corrected chi connectivity index (χ3v) is 2.21. The summed E-state index contributed by atoms with van der Waals surface area (Å²) in [4.78, 5) is 12.1. The van der Waals surface area contributed by atoms with Crippen LogP contribution in [0.1, 0.15) is 13.3 Å². The van der Waals surface area contributed by atoms with E-state index in [4.69, 9.17) is 15.6 Å². The van der Waals surface area contributed by atoms with E-state index in [-0.39, 0.29) is 12.1 Å². The lowest BCUT2D eigenvalue weighted by molar-refractivity contribution is 0.0790. The molecule has 1 amide bonds.